The van der Waals surface area contributed by atoms with E-state index in [-0.39, 0.29) is 82.2 Å². The second kappa shape index (κ2) is 19.4. The summed E-state index contributed by atoms with van der Waals surface area (Å²) in [6, 6.07) is 6.83. The number of aliphatic hydroxyl groups excluding tert-OH is 1. The predicted molar refractivity (Wildman–Crippen MR) is 262 cm³/mol. The number of rotatable bonds is 5. The third kappa shape index (κ3) is 8.81. The lowest BCUT2D eigenvalue weighted by Gasteiger charge is -2.63. The minimum atomic E-state index is -0.741. The molecule has 0 spiro atoms. The van der Waals surface area contributed by atoms with Crippen molar-refractivity contribution in [2.45, 2.75) is 214 Å². The first-order valence-electron chi connectivity index (χ1n) is 26.2. The number of carboxylic acids is 1. The van der Waals surface area contributed by atoms with E-state index in [1.54, 1.807) is 26.4 Å². The Labute approximate surface area is 405 Å². The van der Waals surface area contributed by atoms with E-state index in [4.69, 9.17) is 18.7 Å². The van der Waals surface area contributed by atoms with Crippen LogP contribution in [0.25, 0.3) is 0 Å². The third-order valence-corrected chi connectivity index (χ3v) is 21.1. The van der Waals surface area contributed by atoms with Crippen LogP contribution in [0.5, 0.6) is 0 Å². The molecule has 2 heterocycles. The molecule has 10 rings (SSSR count). The van der Waals surface area contributed by atoms with Gasteiger partial charge in [0.1, 0.15) is 6.10 Å². The maximum absolute atomic E-state index is 12.3. The smallest absolute Gasteiger partial charge is 0.335 e. The molecule has 0 aliphatic heterocycles. The molecule has 8 saturated carbocycles. The van der Waals surface area contributed by atoms with Crippen molar-refractivity contribution < 1.29 is 43.6 Å². The Morgan fingerprint density at radius 3 is 1.44 bits per heavy atom. The Morgan fingerprint density at radius 1 is 0.588 bits per heavy atom. The van der Waals surface area contributed by atoms with Crippen LogP contribution >= 0.6 is 0 Å². The van der Waals surface area contributed by atoms with Gasteiger partial charge in [0.15, 0.2) is 0 Å². The van der Waals surface area contributed by atoms with Gasteiger partial charge in [-0.05, 0) is 197 Å². The Kier molecular flexibility index (Phi) is 15.0. The van der Waals surface area contributed by atoms with E-state index in [2.05, 4.69) is 27.7 Å². The number of carbonyl (C=O) groups excluding carboxylic acids is 1. The van der Waals surface area contributed by atoms with Crippen LogP contribution in [-0.4, -0.2) is 55.8 Å². The summed E-state index contributed by atoms with van der Waals surface area (Å²) in [6.45, 7) is 16.6. The number of carboxylic acid groups (broad SMARTS) is 1. The summed E-state index contributed by atoms with van der Waals surface area (Å²) < 4.78 is 16.2. The van der Waals surface area contributed by atoms with Crippen LogP contribution in [0.3, 0.4) is 0 Å². The van der Waals surface area contributed by atoms with Crippen molar-refractivity contribution in [3.05, 3.63) is 68.8 Å². The molecule has 11 nitrogen and oxygen atoms in total. The van der Waals surface area contributed by atoms with Gasteiger partial charge in [0.25, 0.3) is 0 Å². The molecule has 0 bridgehead atoms. The van der Waals surface area contributed by atoms with Gasteiger partial charge in [-0.2, -0.15) is 0 Å². The van der Waals surface area contributed by atoms with Gasteiger partial charge < -0.3 is 34.0 Å². The summed E-state index contributed by atoms with van der Waals surface area (Å²) in [5.74, 6) is 2.26. The molecule has 8 aliphatic rings. The molecule has 0 amide bonds. The lowest BCUT2D eigenvalue weighted by Crippen LogP contribution is -2.62. The van der Waals surface area contributed by atoms with E-state index in [1.807, 2.05) is 26.0 Å². The van der Waals surface area contributed by atoms with Crippen molar-refractivity contribution in [2.75, 3.05) is 0 Å². The van der Waals surface area contributed by atoms with Gasteiger partial charge >= 0.3 is 23.2 Å². The minimum absolute atomic E-state index is 0. The highest BCUT2D eigenvalue weighted by molar-refractivity contribution is 5.71. The number of hydrogen-bond acceptors (Lipinski definition) is 10. The van der Waals surface area contributed by atoms with Gasteiger partial charge in [-0.25, -0.2) is 9.59 Å². The number of aliphatic hydroxyl groups is 3. The molecule has 380 valence electrons. The van der Waals surface area contributed by atoms with Crippen molar-refractivity contribution in [1.82, 2.24) is 0 Å². The molecule has 0 aromatic carbocycles. The quantitative estimate of drug-likeness (QED) is 0.209. The minimum Gasteiger partial charge on any atom is -0.481 e. The molecule has 16 atom stereocenters. The fourth-order valence-electron chi connectivity index (χ4n) is 17.0. The van der Waals surface area contributed by atoms with E-state index in [9.17, 15) is 34.5 Å². The molecule has 68 heavy (non-hydrogen) atoms. The van der Waals surface area contributed by atoms with Crippen LogP contribution in [0, 0.1) is 69.0 Å². The zero-order valence-corrected chi connectivity index (χ0v) is 41.8. The fourth-order valence-corrected chi connectivity index (χ4v) is 17.0. The van der Waals surface area contributed by atoms with Crippen LogP contribution in [0.1, 0.15) is 201 Å². The Bertz CT molecular complexity index is 2190. The standard InChI is InChI=1S/C28H40O5.C24H34O4.C4H8O2.CH4/c1-17(2)25(30)33-20-9-12-26(3)19(15-20)6-7-23-22(26)10-13-27(4)21(11-14-28(23,27)31)18-5-8-24(29)32-16-18;1-22-10-7-17(25)13-16(22)4-5-20-19(22)8-11-23(2)18(9-12-24(20,23)27)15-3-6-21(26)28-14-15;1-3(2)4(5)6;/h5,8,16-17,19-23,31H,6-7,9-15H2,1-4H3;3,6,14,16-20,25,27H,4-5,7-13H2,1-2H3;3H,1-2H3,(H,5,6);1H4/t19-,20+,21-,22+,23-,26+,27-,28+;16-,17+,18-,19+,20-,22+,23-,24+;;/m11../s1. The second-order valence-electron chi connectivity index (χ2n) is 24.6. The van der Waals surface area contributed by atoms with Gasteiger partial charge in [-0.1, -0.05) is 62.8 Å². The zero-order chi connectivity index (χ0) is 48.5. The van der Waals surface area contributed by atoms with Crippen molar-refractivity contribution in [1.29, 1.82) is 0 Å². The summed E-state index contributed by atoms with van der Waals surface area (Å²) in [5, 5.41) is 42.7. The number of fused-ring (bicyclic) bond motifs is 10. The van der Waals surface area contributed by atoms with Crippen molar-refractivity contribution in [3.8, 4) is 0 Å². The molecule has 0 radical (unpaired) electrons. The van der Waals surface area contributed by atoms with Crippen molar-refractivity contribution in [2.24, 2.45) is 69.0 Å². The summed E-state index contributed by atoms with van der Waals surface area (Å²) in [7, 11) is 0. The first-order chi connectivity index (χ1) is 31.5. The average Bonchev–Trinajstić information content (AvgIpc) is 3.73. The Morgan fingerprint density at radius 2 is 1.03 bits per heavy atom. The molecule has 8 aliphatic carbocycles. The van der Waals surface area contributed by atoms with E-state index < -0.39 is 17.2 Å². The molecule has 4 N–H and O–H groups in total. The van der Waals surface area contributed by atoms with E-state index in [1.165, 1.54) is 18.6 Å². The summed E-state index contributed by atoms with van der Waals surface area (Å²) in [6.07, 6.45) is 21.4. The molecule has 8 fully saturated rings. The molecular formula is C57H86O11. The molecule has 2 aromatic rings. The van der Waals surface area contributed by atoms with Gasteiger partial charge in [-0.15, -0.1) is 0 Å². The maximum atomic E-state index is 12.3. The highest BCUT2D eigenvalue weighted by Crippen LogP contribution is 2.72. The monoisotopic (exact) mass is 947 g/mol. The number of esters is 1. The Hall–Kier alpha value is -3.28. The normalized spacial score (nSPS) is 43.2. The van der Waals surface area contributed by atoms with E-state index >= 15 is 0 Å². The maximum Gasteiger partial charge on any atom is 0.335 e. The highest BCUT2D eigenvalue weighted by Gasteiger charge is 2.69. The number of ether oxygens (including phenoxy) is 1. The van der Waals surface area contributed by atoms with Crippen LogP contribution in [0.2, 0.25) is 0 Å². The summed E-state index contributed by atoms with van der Waals surface area (Å²) in [5.41, 5.74) is 0.295. The van der Waals surface area contributed by atoms with Crippen molar-refractivity contribution in [3.63, 3.8) is 0 Å². The highest BCUT2D eigenvalue weighted by atomic mass is 16.5. The van der Waals surface area contributed by atoms with Gasteiger partial charge in [0, 0.05) is 23.0 Å². The topological polar surface area (TPSA) is 185 Å². The van der Waals surface area contributed by atoms with E-state index in [0.29, 0.717) is 35.5 Å². The van der Waals surface area contributed by atoms with Gasteiger partial charge in [0.2, 0.25) is 0 Å². The fraction of sp³-hybridized carbons (Fsp3) is 0.789. The zero-order valence-electron chi connectivity index (χ0n) is 41.8. The van der Waals surface area contributed by atoms with Gasteiger partial charge in [-0.3, -0.25) is 9.59 Å². The first-order valence-corrected chi connectivity index (χ1v) is 26.2. The lowest BCUT2D eigenvalue weighted by atomic mass is 9.43. The molecule has 0 saturated heterocycles. The molecule has 11 heteroatoms. The summed E-state index contributed by atoms with van der Waals surface area (Å²) >= 11 is 0. The van der Waals surface area contributed by atoms with Crippen LogP contribution in [0.15, 0.2) is 55.2 Å². The summed E-state index contributed by atoms with van der Waals surface area (Å²) in [4.78, 5) is 44.8. The SMILES string of the molecule is C.CC(C)C(=O)O.CC(C)C(=O)O[C@H]1CC[C@@]2(C)[C@H](CC[C@@H]3[C@@H]2CC[C@]2(C)[C@@H](c4ccc(=O)oc4)CC[C@]32O)C1.C[C@]12CC[C@H](O)C[C@H]1CC[C@@H]1[C@@H]2CC[C@]2(C)[C@@H](c3ccc(=O)oc3)CC[C@]12O. The second-order valence-corrected chi connectivity index (χ2v) is 24.6. The average molecular weight is 947 g/mol. The largest absolute Gasteiger partial charge is 0.481 e. The molecule has 0 unspecified atom stereocenters. The molecule has 2 aromatic heterocycles. The first kappa shape index (κ1) is 52.5. The Balaban J connectivity index is 0.000000179. The number of carbonyl (C=O) groups is 2. The lowest BCUT2D eigenvalue weighted by molar-refractivity contribution is -0.207. The predicted octanol–water partition coefficient (Wildman–Crippen LogP) is 11.1. The number of aliphatic carboxylic acids is 1. The van der Waals surface area contributed by atoms with Crippen LogP contribution in [0.4, 0.5) is 0 Å². The van der Waals surface area contributed by atoms with Crippen LogP contribution in [-0.2, 0) is 14.3 Å². The van der Waals surface area contributed by atoms with Crippen molar-refractivity contribution >= 4 is 11.9 Å². The van der Waals surface area contributed by atoms with E-state index in [0.717, 1.165) is 120 Å². The molecular weight excluding hydrogens is 861 g/mol. The van der Waals surface area contributed by atoms with Crippen LogP contribution < -0.4 is 11.3 Å². The number of hydrogen-bond donors (Lipinski definition) is 4. The van der Waals surface area contributed by atoms with Gasteiger partial charge in [0.05, 0.1) is 41.7 Å². The third-order valence-electron chi connectivity index (χ3n) is 21.1.